The maximum Gasteiger partial charge on any atom is 0.320 e. The molecule has 0 radical (unpaired) electrons. The molecule has 2 aliphatic rings. The van der Waals surface area contributed by atoms with Crippen molar-refractivity contribution in [2.24, 2.45) is 0 Å². The fraction of sp³-hybridized carbons (Fsp3) is 0.622. The lowest BCUT2D eigenvalue weighted by Crippen LogP contribution is -2.47. The summed E-state index contributed by atoms with van der Waals surface area (Å²) in [4.78, 5) is 35.9. The van der Waals surface area contributed by atoms with Crippen LogP contribution < -0.4 is 10.1 Å². The van der Waals surface area contributed by atoms with Crippen LogP contribution >= 0.6 is 0 Å². The Morgan fingerprint density at radius 2 is 1.69 bits per heavy atom. The number of tetrazole rings is 1. The molecule has 5 rings (SSSR count). The van der Waals surface area contributed by atoms with Crippen LogP contribution in [0, 0.1) is 0 Å². The van der Waals surface area contributed by atoms with Gasteiger partial charge in [-0.1, -0.05) is 47.6 Å². The van der Waals surface area contributed by atoms with Gasteiger partial charge >= 0.3 is 6.03 Å². The first-order chi connectivity index (χ1) is 24.2. The van der Waals surface area contributed by atoms with Crippen molar-refractivity contribution < 1.29 is 23.2 Å². The van der Waals surface area contributed by atoms with Gasteiger partial charge in [0.15, 0.2) is 16.6 Å². The SMILES string of the molecule is COc1cc2c(cc1C(=O)Nc1cccc(-c3nnnn3C(C)CO[Si](C)(C)C(C)(C)C)n1)CN(C(=O)N1CC[C@@H](O[Si](C)(C)C(C)(C)C)C1)CC2. The van der Waals surface area contributed by atoms with E-state index in [0.717, 1.165) is 17.5 Å². The Hall–Kier alpha value is -3.67. The van der Waals surface area contributed by atoms with Gasteiger partial charge in [0.05, 0.1) is 31.4 Å². The van der Waals surface area contributed by atoms with Crippen LogP contribution in [0.1, 0.15) is 82.4 Å². The van der Waals surface area contributed by atoms with Crippen molar-refractivity contribution in [3.63, 3.8) is 0 Å². The van der Waals surface area contributed by atoms with Gasteiger partial charge in [0.1, 0.15) is 17.3 Å². The number of benzene rings is 1. The van der Waals surface area contributed by atoms with Crippen LogP contribution in [0.2, 0.25) is 36.3 Å². The molecule has 0 spiro atoms. The number of fused-ring (bicyclic) bond motifs is 1. The van der Waals surface area contributed by atoms with Gasteiger partial charge in [0, 0.05) is 26.2 Å². The topological polar surface area (TPSA) is 137 Å². The fourth-order valence-electron chi connectivity index (χ4n) is 5.98. The summed E-state index contributed by atoms with van der Waals surface area (Å²) in [6.07, 6.45) is 1.58. The zero-order valence-electron chi connectivity index (χ0n) is 33.2. The van der Waals surface area contributed by atoms with Crippen molar-refractivity contribution in [1.82, 2.24) is 35.0 Å². The molecule has 2 aliphatic heterocycles. The normalized spacial score (nSPS) is 17.6. The molecule has 0 aliphatic carbocycles. The summed E-state index contributed by atoms with van der Waals surface area (Å²) in [5.74, 6) is 0.933. The predicted molar refractivity (Wildman–Crippen MR) is 208 cm³/mol. The number of carbonyl (C=O) groups is 2. The summed E-state index contributed by atoms with van der Waals surface area (Å²) in [7, 11) is -2.34. The lowest BCUT2D eigenvalue weighted by molar-refractivity contribution is 0.102. The predicted octanol–water partition coefficient (Wildman–Crippen LogP) is 7.15. The Bertz CT molecular complexity index is 1770. The smallest absolute Gasteiger partial charge is 0.320 e. The Balaban J connectivity index is 1.27. The number of nitrogens with one attached hydrogen (secondary N) is 1. The largest absolute Gasteiger partial charge is 0.496 e. The molecule has 52 heavy (non-hydrogen) atoms. The highest BCUT2D eigenvalue weighted by atomic mass is 28.4. The molecule has 3 amide bonds. The van der Waals surface area contributed by atoms with E-state index in [9.17, 15) is 9.59 Å². The van der Waals surface area contributed by atoms with Crippen LogP contribution in [0.4, 0.5) is 10.6 Å². The van der Waals surface area contributed by atoms with Crippen molar-refractivity contribution in [2.75, 3.05) is 38.7 Å². The summed E-state index contributed by atoms with van der Waals surface area (Å²) >= 11 is 0. The first-order valence-corrected chi connectivity index (χ1v) is 24.1. The zero-order valence-corrected chi connectivity index (χ0v) is 35.2. The third-order valence-electron chi connectivity index (χ3n) is 11.4. The van der Waals surface area contributed by atoms with Crippen molar-refractivity contribution in [1.29, 1.82) is 0 Å². The zero-order chi connectivity index (χ0) is 38.2. The van der Waals surface area contributed by atoms with E-state index in [1.54, 1.807) is 17.9 Å². The Labute approximate surface area is 311 Å². The molecular formula is C37H58N8O5Si2. The number of rotatable bonds is 10. The summed E-state index contributed by atoms with van der Waals surface area (Å²) in [5.41, 5.74) is 2.88. The second kappa shape index (κ2) is 15.0. The molecule has 1 N–H and O–H groups in total. The molecule has 0 saturated carbocycles. The third kappa shape index (κ3) is 8.58. The number of hydrogen-bond donors (Lipinski definition) is 1. The van der Waals surface area contributed by atoms with Gasteiger partial charge < -0.3 is 28.7 Å². The van der Waals surface area contributed by atoms with Gasteiger partial charge in [-0.3, -0.25) is 4.79 Å². The van der Waals surface area contributed by atoms with E-state index in [1.807, 2.05) is 41.0 Å². The minimum Gasteiger partial charge on any atom is -0.496 e. The second-order valence-electron chi connectivity index (χ2n) is 17.2. The van der Waals surface area contributed by atoms with Gasteiger partial charge in [-0.05, 0) is 102 Å². The highest BCUT2D eigenvalue weighted by Crippen LogP contribution is 2.39. The molecule has 284 valence electrons. The molecule has 2 atom stereocenters. The van der Waals surface area contributed by atoms with E-state index in [4.69, 9.17) is 18.6 Å². The Morgan fingerprint density at radius 3 is 2.37 bits per heavy atom. The molecular weight excluding hydrogens is 693 g/mol. The number of aromatic nitrogens is 5. The number of urea groups is 1. The quantitative estimate of drug-likeness (QED) is 0.214. The molecule has 1 fully saturated rings. The Morgan fingerprint density at radius 1 is 0.981 bits per heavy atom. The first kappa shape index (κ1) is 39.5. The van der Waals surface area contributed by atoms with Gasteiger partial charge in [-0.25, -0.2) is 14.5 Å². The number of ether oxygens (including phenoxy) is 1. The van der Waals surface area contributed by atoms with E-state index in [-0.39, 0.29) is 34.2 Å². The van der Waals surface area contributed by atoms with Crippen LogP contribution in [0.25, 0.3) is 11.5 Å². The maximum absolute atomic E-state index is 13.8. The van der Waals surface area contributed by atoms with Crippen LogP contribution in [0.3, 0.4) is 0 Å². The number of amides is 3. The summed E-state index contributed by atoms with van der Waals surface area (Å²) < 4.78 is 20.5. The van der Waals surface area contributed by atoms with E-state index in [0.29, 0.717) is 67.9 Å². The standard InChI is InChI=1S/C37H58N8O5Si2/c1-25(24-49-51(9,10)36(2,3)4)45-33(40-41-42-45)30-14-13-15-32(38-30)39-34(46)29-20-27-22-43(18-16-26(27)21-31(29)48-8)35(47)44-19-17-28(23-44)50-52(11,12)37(5,6)7/h13-15,20-21,25,28H,16-19,22-24H2,1-12H3,(H,38,39,46)/t25?,28-/m1/s1. The van der Waals surface area contributed by atoms with E-state index < -0.39 is 16.6 Å². The van der Waals surface area contributed by atoms with Gasteiger partial charge in [0.25, 0.3) is 5.91 Å². The highest BCUT2D eigenvalue weighted by Gasteiger charge is 2.42. The second-order valence-corrected chi connectivity index (χ2v) is 26.8. The molecule has 15 heteroatoms. The summed E-state index contributed by atoms with van der Waals surface area (Å²) in [6, 6.07) is 8.98. The molecule has 13 nitrogen and oxygen atoms in total. The first-order valence-electron chi connectivity index (χ1n) is 18.3. The van der Waals surface area contributed by atoms with Crippen molar-refractivity contribution in [3.8, 4) is 17.3 Å². The van der Waals surface area contributed by atoms with Gasteiger partial charge in [-0.15, -0.1) is 5.10 Å². The molecule has 4 heterocycles. The van der Waals surface area contributed by atoms with Crippen molar-refractivity contribution in [3.05, 3.63) is 47.0 Å². The van der Waals surface area contributed by atoms with Crippen LogP contribution in [-0.2, 0) is 21.8 Å². The number of likely N-dealkylation sites (tertiary alicyclic amines) is 1. The molecule has 2 aromatic heterocycles. The lowest BCUT2D eigenvalue weighted by Gasteiger charge is -2.38. The maximum atomic E-state index is 13.8. The summed E-state index contributed by atoms with van der Waals surface area (Å²) in [5, 5.41) is 15.6. The number of hydrogen-bond acceptors (Lipinski definition) is 9. The highest BCUT2D eigenvalue weighted by molar-refractivity contribution is 6.74. The molecule has 0 bridgehead atoms. The third-order valence-corrected chi connectivity index (χ3v) is 20.4. The van der Waals surface area contributed by atoms with Crippen molar-refractivity contribution >= 4 is 34.4 Å². The average Bonchev–Trinajstić information content (AvgIpc) is 3.75. The van der Waals surface area contributed by atoms with Gasteiger partial charge in [-0.2, -0.15) is 0 Å². The van der Waals surface area contributed by atoms with Crippen LogP contribution in [0.5, 0.6) is 5.75 Å². The molecule has 1 aromatic carbocycles. The monoisotopic (exact) mass is 750 g/mol. The van der Waals surface area contributed by atoms with E-state index in [2.05, 4.69) is 88.6 Å². The number of nitrogens with zero attached hydrogens (tertiary/aromatic N) is 7. The molecule has 3 aromatic rings. The molecule has 1 saturated heterocycles. The molecule has 1 unspecified atom stereocenters. The fourth-order valence-corrected chi connectivity index (χ4v) is 8.45. The lowest BCUT2D eigenvalue weighted by atomic mass is 9.96. The van der Waals surface area contributed by atoms with E-state index >= 15 is 0 Å². The van der Waals surface area contributed by atoms with Crippen LogP contribution in [-0.4, -0.2) is 103 Å². The summed E-state index contributed by atoms with van der Waals surface area (Å²) in [6.45, 7) is 27.1. The average molecular weight is 751 g/mol. The number of pyridine rings is 1. The minimum atomic E-state index is -1.97. The van der Waals surface area contributed by atoms with E-state index in [1.165, 1.54) is 0 Å². The number of carbonyl (C=O) groups excluding carboxylic acids is 2. The minimum absolute atomic E-state index is 0.0121. The number of anilines is 1. The van der Waals surface area contributed by atoms with Gasteiger partial charge in [0.2, 0.25) is 5.82 Å². The van der Waals surface area contributed by atoms with Crippen LogP contribution in [0.15, 0.2) is 30.3 Å². The van der Waals surface area contributed by atoms with Crippen molar-refractivity contribution in [2.45, 2.75) is 116 Å². The number of methoxy groups -OCH3 is 1. The Kier molecular flexibility index (Phi) is 11.4.